The van der Waals surface area contributed by atoms with Crippen molar-refractivity contribution >= 4 is 24.0 Å². The predicted octanol–water partition coefficient (Wildman–Crippen LogP) is 4.16. The lowest BCUT2D eigenvalue weighted by Gasteiger charge is -2.34. The maximum absolute atomic E-state index is 15.7. The molecular formula is C38H47FN10O8. The fourth-order valence-electron chi connectivity index (χ4n) is 7.39. The average molecular weight is 791 g/mol. The highest BCUT2D eigenvalue weighted by Crippen LogP contribution is 2.35. The zero-order valence-corrected chi connectivity index (χ0v) is 32.6. The van der Waals surface area contributed by atoms with Gasteiger partial charge in [-0.2, -0.15) is 0 Å². The standard InChI is InChI=1S/C38H47FN10O8/c1-20(55-4)30(46-37(52)57-6)35(50)48-13-7-9-28(48)33-42-18-26(44-33)23-16-40-32(41-17-23)22-11-12-24(25(39)15-22)27-19-43-34(45-27)29-10-8-14-49(29)36(51)31(21(2)56-5)47(3)38(53)54/h11-12,15-21,28-31H,7-10,13-14H2,1-6H3,(H,42,44)(H,43,45)(H,46,52)(H,53,54)/t20-,21-,28?,29+,30+,31+/m1/s1. The van der Waals surface area contributed by atoms with E-state index < -0.39 is 54.2 Å². The van der Waals surface area contributed by atoms with Crippen LogP contribution >= 0.6 is 0 Å². The zero-order valence-electron chi connectivity index (χ0n) is 32.6. The molecule has 19 heteroatoms. The number of nitrogens with zero attached hydrogens (tertiary/aromatic N) is 7. The summed E-state index contributed by atoms with van der Waals surface area (Å²) in [7, 11) is 5.45. The molecule has 0 bridgehead atoms. The number of likely N-dealkylation sites (N-methyl/N-ethyl adjacent to an activating group) is 1. The van der Waals surface area contributed by atoms with Crippen LogP contribution in [-0.2, 0) is 23.8 Å². The second-order valence-electron chi connectivity index (χ2n) is 14.1. The topological polar surface area (TPSA) is 221 Å². The van der Waals surface area contributed by atoms with Gasteiger partial charge in [0, 0.05) is 63.4 Å². The van der Waals surface area contributed by atoms with E-state index in [1.165, 1.54) is 40.6 Å². The third kappa shape index (κ3) is 8.43. The molecular weight excluding hydrogens is 743 g/mol. The number of hydrogen-bond acceptors (Lipinski definition) is 11. The van der Waals surface area contributed by atoms with Crippen LogP contribution in [0.15, 0.2) is 43.0 Å². The molecule has 6 rings (SSSR count). The van der Waals surface area contributed by atoms with Crippen molar-refractivity contribution in [3.63, 3.8) is 0 Å². The summed E-state index contributed by atoms with van der Waals surface area (Å²) in [6.07, 6.45) is 5.78. The van der Waals surface area contributed by atoms with Gasteiger partial charge >= 0.3 is 12.2 Å². The molecule has 57 heavy (non-hydrogen) atoms. The molecule has 0 spiro atoms. The second-order valence-corrected chi connectivity index (χ2v) is 14.1. The number of imidazole rings is 2. The summed E-state index contributed by atoms with van der Waals surface area (Å²) in [6.45, 7) is 4.23. The number of carbonyl (C=O) groups is 4. The number of ether oxygens (including phenoxy) is 3. The molecule has 0 radical (unpaired) electrons. The SMILES string of the molecule is COC(=O)N[C@H](C(=O)N1CCCC1c1ncc(-c2cnc(-c3ccc(-c4cnc([C@@H]5CCCN5C(=O)[C@H]([C@@H](C)OC)N(C)C(=O)O)[nH]4)c(F)c3)nc2)[nH]1)[C@@H](C)OC. The first-order chi connectivity index (χ1) is 27.4. The van der Waals surface area contributed by atoms with Gasteiger partial charge in [0.15, 0.2) is 5.82 Å². The van der Waals surface area contributed by atoms with E-state index in [1.807, 2.05) is 0 Å². The minimum atomic E-state index is -1.25. The quantitative estimate of drug-likeness (QED) is 0.150. The number of amides is 4. The number of carboxylic acid groups (broad SMARTS) is 1. The average Bonchev–Trinajstić information content (AvgIpc) is 4.06. The van der Waals surface area contributed by atoms with Crippen LogP contribution in [-0.4, -0.2) is 139 Å². The molecule has 4 N–H and O–H groups in total. The third-order valence-electron chi connectivity index (χ3n) is 10.7. The lowest BCUT2D eigenvalue weighted by atomic mass is 10.1. The van der Waals surface area contributed by atoms with Crippen molar-refractivity contribution in [2.24, 2.45) is 0 Å². The Morgan fingerprint density at radius 3 is 1.98 bits per heavy atom. The summed E-state index contributed by atoms with van der Waals surface area (Å²) in [5.74, 6) is 0.0950. The van der Waals surface area contributed by atoms with Crippen molar-refractivity contribution in [1.82, 2.24) is 49.9 Å². The van der Waals surface area contributed by atoms with Gasteiger partial charge in [-0.15, -0.1) is 0 Å². The summed E-state index contributed by atoms with van der Waals surface area (Å²) < 4.78 is 31.1. The summed E-state index contributed by atoms with van der Waals surface area (Å²) in [4.78, 5) is 79.6. The molecule has 2 fully saturated rings. The maximum atomic E-state index is 15.7. The number of aromatic amines is 2. The highest BCUT2D eigenvalue weighted by Gasteiger charge is 2.41. The van der Waals surface area contributed by atoms with Crippen molar-refractivity contribution in [2.45, 2.75) is 75.9 Å². The number of benzene rings is 1. The summed E-state index contributed by atoms with van der Waals surface area (Å²) in [5, 5.41) is 12.2. The molecule has 4 amide bonds. The Hall–Kier alpha value is -5.95. The largest absolute Gasteiger partial charge is 0.465 e. The normalized spacial score (nSPS) is 18.9. The van der Waals surface area contributed by atoms with Gasteiger partial charge in [0.1, 0.15) is 29.5 Å². The van der Waals surface area contributed by atoms with Crippen LogP contribution in [0.4, 0.5) is 14.0 Å². The number of methoxy groups -OCH3 is 3. The number of hydrogen-bond donors (Lipinski definition) is 4. The first kappa shape index (κ1) is 40.7. The molecule has 18 nitrogen and oxygen atoms in total. The number of halogens is 1. The fourth-order valence-corrected chi connectivity index (χ4v) is 7.39. The van der Waals surface area contributed by atoms with Gasteiger partial charge < -0.3 is 44.4 Å². The summed E-state index contributed by atoms with van der Waals surface area (Å²) in [6, 6.07) is 1.83. The van der Waals surface area contributed by atoms with Crippen LogP contribution < -0.4 is 5.32 Å². The molecule has 2 aliphatic heterocycles. The molecule has 1 aromatic carbocycles. The first-order valence-corrected chi connectivity index (χ1v) is 18.6. The van der Waals surface area contributed by atoms with Gasteiger partial charge in [-0.1, -0.05) is 6.07 Å². The van der Waals surface area contributed by atoms with E-state index in [-0.39, 0.29) is 17.5 Å². The van der Waals surface area contributed by atoms with E-state index >= 15 is 4.39 Å². The van der Waals surface area contributed by atoms with Crippen LogP contribution in [0, 0.1) is 5.82 Å². The van der Waals surface area contributed by atoms with E-state index in [1.54, 1.807) is 54.4 Å². The Balaban J connectivity index is 1.14. The second kappa shape index (κ2) is 17.5. The van der Waals surface area contributed by atoms with Crippen molar-refractivity contribution in [1.29, 1.82) is 0 Å². The Bertz CT molecular complexity index is 2080. The van der Waals surface area contributed by atoms with E-state index in [0.717, 1.165) is 11.3 Å². The number of aromatic nitrogens is 6. The van der Waals surface area contributed by atoms with Crippen molar-refractivity contribution in [3.8, 4) is 33.9 Å². The van der Waals surface area contributed by atoms with Crippen LogP contribution in [0.25, 0.3) is 33.9 Å². The summed E-state index contributed by atoms with van der Waals surface area (Å²) in [5.41, 5.74) is 2.37. The van der Waals surface area contributed by atoms with Gasteiger partial charge in [-0.05, 0) is 51.7 Å². The monoisotopic (exact) mass is 790 g/mol. The molecule has 0 saturated carbocycles. The van der Waals surface area contributed by atoms with Crippen LogP contribution in [0.5, 0.6) is 0 Å². The van der Waals surface area contributed by atoms with Crippen molar-refractivity contribution in [3.05, 3.63) is 60.5 Å². The van der Waals surface area contributed by atoms with Gasteiger partial charge in [0.05, 0.1) is 55.2 Å². The smallest absolute Gasteiger partial charge is 0.407 e. The highest BCUT2D eigenvalue weighted by molar-refractivity contribution is 5.87. The predicted molar refractivity (Wildman–Crippen MR) is 202 cm³/mol. The maximum Gasteiger partial charge on any atom is 0.407 e. The zero-order chi connectivity index (χ0) is 41.0. The van der Waals surface area contributed by atoms with E-state index in [4.69, 9.17) is 14.2 Å². The summed E-state index contributed by atoms with van der Waals surface area (Å²) >= 11 is 0. The molecule has 2 saturated heterocycles. The Labute approximate surface area is 328 Å². The van der Waals surface area contributed by atoms with Crippen LogP contribution in [0.2, 0.25) is 0 Å². The van der Waals surface area contributed by atoms with Gasteiger partial charge in [-0.3, -0.25) is 14.5 Å². The number of alkyl carbamates (subject to hydrolysis) is 1. The number of nitrogens with one attached hydrogen (secondary N) is 3. The molecule has 0 aliphatic carbocycles. The van der Waals surface area contributed by atoms with Gasteiger partial charge in [-0.25, -0.2) is 33.9 Å². The van der Waals surface area contributed by atoms with E-state index in [2.05, 4.69) is 35.2 Å². The molecule has 4 aromatic rings. The molecule has 6 atom stereocenters. The molecule has 5 heterocycles. The Kier molecular flexibility index (Phi) is 12.5. The van der Waals surface area contributed by atoms with Gasteiger partial charge in [0.2, 0.25) is 11.8 Å². The van der Waals surface area contributed by atoms with E-state index in [0.29, 0.717) is 72.3 Å². The molecule has 1 unspecified atom stereocenters. The Morgan fingerprint density at radius 1 is 0.842 bits per heavy atom. The minimum Gasteiger partial charge on any atom is -0.465 e. The van der Waals surface area contributed by atoms with Crippen molar-refractivity contribution in [2.75, 3.05) is 41.5 Å². The molecule has 2 aliphatic rings. The van der Waals surface area contributed by atoms with Gasteiger partial charge in [0.25, 0.3) is 0 Å². The number of rotatable bonds is 13. The van der Waals surface area contributed by atoms with E-state index in [9.17, 15) is 24.3 Å². The first-order valence-electron chi connectivity index (χ1n) is 18.6. The van der Waals surface area contributed by atoms with Crippen LogP contribution in [0.1, 0.15) is 63.3 Å². The fraction of sp³-hybridized carbons (Fsp3) is 0.474. The number of likely N-dealkylation sites (tertiary alicyclic amines) is 2. The third-order valence-corrected chi connectivity index (χ3v) is 10.7. The minimum absolute atomic E-state index is 0.259. The number of carbonyl (C=O) groups excluding carboxylic acids is 3. The lowest BCUT2D eigenvalue weighted by molar-refractivity contribution is -0.141. The molecule has 304 valence electrons. The highest BCUT2D eigenvalue weighted by atomic mass is 19.1. The van der Waals surface area contributed by atoms with Crippen LogP contribution in [0.3, 0.4) is 0 Å². The Morgan fingerprint density at radius 2 is 1.42 bits per heavy atom. The molecule has 3 aromatic heterocycles. The number of H-pyrrole nitrogens is 2. The lowest BCUT2D eigenvalue weighted by Crippen LogP contribution is -2.54. The van der Waals surface area contributed by atoms with Crippen molar-refractivity contribution < 1.29 is 42.9 Å².